The number of carboxylic acid groups (broad SMARTS) is 1. The maximum atomic E-state index is 12.2. The van der Waals surface area contributed by atoms with Crippen LogP contribution in [0.5, 0.6) is 0 Å². The Labute approximate surface area is 99.7 Å². The second-order valence-electron chi connectivity index (χ2n) is 4.91. The van der Waals surface area contributed by atoms with Gasteiger partial charge in [-0.3, -0.25) is 4.79 Å². The smallest absolute Gasteiger partial charge is 0.326 e. The molecule has 96 valence electrons. The molecular weight excluding hydrogens is 224 g/mol. The highest BCUT2D eigenvalue weighted by Gasteiger charge is 2.49. The maximum Gasteiger partial charge on any atom is 0.326 e. The Morgan fingerprint density at radius 3 is 2.53 bits per heavy atom. The third-order valence-corrected chi connectivity index (χ3v) is 3.81. The predicted molar refractivity (Wildman–Crippen MR) is 59.3 cm³/mol. The summed E-state index contributed by atoms with van der Waals surface area (Å²) in [4.78, 5) is 24.7. The summed E-state index contributed by atoms with van der Waals surface area (Å²) in [6, 6.07) is -0.798. The summed E-state index contributed by atoms with van der Waals surface area (Å²) >= 11 is 0. The average molecular weight is 242 g/mol. The number of carbonyl (C=O) groups excluding carboxylic acids is 1. The molecule has 3 N–H and O–H groups in total. The lowest BCUT2D eigenvalue weighted by atomic mass is 9.76. The molecule has 0 spiro atoms. The Morgan fingerprint density at radius 1 is 1.47 bits per heavy atom. The predicted octanol–water partition coefficient (Wildman–Crippen LogP) is -0.432. The molecule has 0 radical (unpaired) electrons. The lowest BCUT2D eigenvalue weighted by molar-refractivity contribution is -0.152. The minimum Gasteiger partial charge on any atom is -0.480 e. The number of aliphatic carboxylic acids is 1. The summed E-state index contributed by atoms with van der Waals surface area (Å²) < 4.78 is 5.14. The molecule has 1 heterocycles. The van der Waals surface area contributed by atoms with E-state index in [1.165, 1.54) is 12.0 Å². The molecule has 1 saturated carbocycles. The van der Waals surface area contributed by atoms with Crippen molar-refractivity contribution < 1.29 is 19.4 Å². The van der Waals surface area contributed by atoms with Gasteiger partial charge in [-0.25, -0.2) is 4.79 Å². The fourth-order valence-corrected chi connectivity index (χ4v) is 2.48. The first kappa shape index (κ1) is 12.3. The highest BCUT2D eigenvalue weighted by molar-refractivity contribution is 5.91. The Bertz CT molecular complexity index is 340. The maximum absolute atomic E-state index is 12.2. The molecule has 0 aromatic heterocycles. The molecule has 2 rings (SSSR count). The molecule has 6 heteroatoms. The van der Waals surface area contributed by atoms with Gasteiger partial charge in [0.15, 0.2) is 0 Å². The van der Waals surface area contributed by atoms with Gasteiger partial charge >= 0.3 is 5.97 Å². The van der Waals surface area contributed by atoms with E-state index in [0.29, 0.717) is 25.8 Å². The summed E-state index contributed by atoms with van der Waals surface area (Å²) in [6.45, 7) is 0.325. The number of rotatable bonds is 3. The van der Waals surface area contributed by atoms with Gasteiger partial charge in [0.05, 0.1) is 11.6 Å². The highest BCUT2D eigenvalue weighted by atomic mass is 16.5. The fraction of sp³-hybridized carbons (Fsp3) is 0.818. The summed E-state index contributed by atoms with van der Waals surface area (Å²) in [5.74, 6) is -1.23. The van der Waals surface area contributed by atoms with Crippen molar-refractivity contribution in [3.05, 3.63) is 0 Å². The van der Waals surface area contributed by atoms with E-state index in [9.17, 15) is 9.59 Å². The highest BCUT2D eigenvalue weighted by Crippen LogP contribution is 2.33. The number of methoxy groups -OCH3 is 1. The quantitative estimate of drug-likeness (QED) is 0.700. The van der Waals surface area contributed by atoms with Crippen LogP contribution in [-0.4, -0.2) is 53.2 Å². The number of nitrogens with zero attached hydrogens (tertiary/aromatic N) is 1. The Hall–Kier alpha value is -1.14. The minimum absolute atomic E-state index is 0.205. The number of carboxylic acids is 1. The summed E-state index contributed by atoms with van der Waals surface area (Å²) in [5, 5.41) is 9.11. The summed E-state index contributed by atoms with van der Waals surface area (Å²) in [7, 11) is 1.53. The summed E-state index contributed by atoms with van der Waals surface area (Å²) in [6.07, 6.45) is 2.36. The lowest BCUT2D eigenvalue weighted by Gasteiger charge is -2.40. The number of amides is 1. The van der Waals surface area contributed by atoms with Crippen molar-refractivity contribution in [1.82, 2.24) is 4.90 Å². The van der Waals surface area contributed by atoms with Crippen LogP contribution in [0.1, 0.15) is 25.7 Å². The van der Waals surface area contributed by atoms with E-state index in [2.05, 4.69) is 0 Å². The molecule has 2 unspecified atom stereocenters. The van der Waals surface area contributed by atoms with Crippen LogP contribution in [0.4, 0.5) is 0 Å². The molecule has 2 atom stereocenters. The Morgan fingerprint density at radius 2 is 2.12 bits per heavy atom. The van der Waals surface area contributed by atoms with Gasteiger partial charge in [-0.15, -0.1) is 0 Å². The molecule has 6 nitrogen and oxygen atoms in total. The molecule has 2 fully saturated rings. The van der Waals surface area contributed by atoms with Gasteiger partial charge in [0.1, 0.15) is 6.04 Å². The van der Waals surface area contributed by atoms with Crippen molar-refractivity contribution in [2.45, 2.75) is 43.4 Å². The van der Waals surface area contributed by atoms with E-state index in [0.717, 1.165) is 6.42 Å². The third-order valence-electron chi connectivity index (χ3n) is 3.81. The SMILES string of the molecule is COC1CC(C(=O)O)N(C(=O)C2(N)CCC2)C1. The number of ether oxygens (including phenoxy) is 1. The van der Waals surface area contributed by atoms with Crippen LogP contribution in [0, 0.1) is 0 Å². The standard InChI is InChI=1S/C11H18N2O4/c1-17-7-5-8(9(14)15)13(6-7)10(16)11(12)3-2-4-11/h7-8H,2-6,12H2,1H3,(H,14,15). The van der Waals surface area contributed by atoms with Crippen molar-refractivity contribution in [1.29, 1.82) is 0 Å². The van der Waals surface area contributed by atoms with Crippen molar-refractivity contribution in [3.8, 4) is 0 Å². The lowest BCUT2D eigenvalue weighted by Crippen LogP contribution is -2.61. The van der Waals surface area contributed by atoms with Crippen LogP contribution in [0.3, 0.4) is 0 Å². The van der Waals surface area contributed by atoms with Crippen molar-refractivity contribution in [2.75, 3.05) is 13.7 Å². The van der Waals surface area contributed by atoms with Crippen molar-refractivity contribution in [2.24, 2.45) is 5.73 Å². The van der Waals surface area contributed by atoms with Crippen LogP contribution in [-0.2, 0) is 14.3 Å². The van der Waals surface area contributed by atoms with E-state index in [-0.39, 0.29) is 12.0 Å². The molecule has 1 aliphatic heterocycles. The topological polar surface area (TPSA) is 92.9 Å². The third kappa shape index (κ3) is 2.02. The average Bonchev–Trinajstić information content (AvgIpc) is 2.68. The first-order valence-corrected chi connectivity index (χ1v) is 5.83. The van der Waals surface area contributed by atoms with E-state index in [1.54, 1.807) is 0 Å². The zero-order chi connectivity index (χ0) is 12.6. The number of hydrogen-bond donors (Lipinski definition) is 2. The Balaban J connectivity index is 2.12. The number of hydrogen-bond acceptors (Lipinski definition) is 4. The van der Waals surface area contributed by atoms with Gasteiger partial charge in [0.25, 0.3) is 0 Å². The van der Waals surface area contributed by atoms with Crippen LogP contribution in [0.25, 0.3) is 0 Å². The molecule has 0 bridgehead atoms. The van der Waals surface area contributed by atoms with E-state index in [4.69, 9.17) is 15.6 Å². The molecule has 17 heavy (non-hydrogen) atoms. The zero-order valence-electron chi connectivity index (χ0n) is 9.89. The summed E-state index contributed by atoms with van der Waals surface area (Å²) in [5.41, 5.74) is 5.11. The van der Waals surface area contributed by atoms with Crippen LogP contribution in [0.15, 0.2) is 0 Å². The van der Waals surface area contributed by atoms with Crippen molar-refractivity contribution in [3.63, 3.8) is 0 Å². The van der Waals surface area contributed by atoms with Gasteiger partial charge in [-0.2, -0.15) is 0 Å². The second-order valence-corrected chi connectivity index (χ2v) is 4.91. The normalized spacial score (nSPS) is 31.1. The van der Waals surface area contributed by atoms with Crippen molar-refractivity contribution >= 4 is 11.9 Å². The largest absolute Gasteiger partial charge is 0.480 e. The first-order valence-electron chi connectivity index (χ1n) is 5.83. The second kappa shape index (κ2) is 4.27. The van der Waals surface area contributed by atoms with Crippen LogP contribution < -0.4 is 5.73 Å². The molecule has 1 saturated heterocycles. The number of nitrogens with two attached hydrogens (primary N) is 1. The zero-order valence-corrected chi connectivity index (χ0v) is 9.89. The van der Waals surface area contributed by atoms with E-state index in [1.807, 2.05) is 0 Å². The number of carbonyl (C=O) groups is 2. The molecule has 1 amide bonds. The molecule has 1 aliphatic carbocycles. The van der Waals surface area contributed by atoms with Crippen LogP contribution >= 0.6 is 0 Å². The van der Waals surface area contributed by atoms with E-state index < -0.39 is 17.6 Å². The van der Waals surface area contributed by atoms with Crippen LogP contribution in [0.2, 0.25) is 0 Å². The molecule has 0 aromatic rings. The Kier molecular flexibility index (Phi) is 3.09. The minimum atomic E-state index is -0.985. The molecule has 0 aromatic carbocycles. The van der Waals surface area contributed by atoms with Gasteiger partial charge in [0.2, 0.25) is 5.91 Å². The fourth-order valence-electron chi connectivity index (χ4n) is 2.48. The van der Waals surface area contributed by atoms with Gasteiger partial charge in [-0.05, 0) is 19.3 Å². The molecular formula is C11H18N2O4. The van der Waals surface area contributed by atoms with Gasteiger partial charge in [0, 0.05) is 20.1 Å². The monoisotopic (exact) mass is 242 g/mol. The van der Waals surface area contributed by atoms with Gasteiger partial charge in [-0.1, -0.05) is 0 Å². The molecule has 2 aliphatic rings. The van der Waals surface area contributed by atoms with E-state index >= 15 is 0 Å². The first-order chi connectivity index (χ1) is 7.98. The number of likely N-dealkylation sites (tertiary alicyclic amines) is 1. The van der Waals surface area contributed by atoms with Gasteiger partial charge < -0.3 is 20.5 Å².